The van der Waals surface area contributed by atoms with Crippen molar-refractivity contribution in [3.05, 3.63) is 0 Å². The van der Waals surface area contributed by atoms with Crippen LogP contribution in [-0.2, 0) is 0 Å². The Hall–Kier alpha value is -0.200. The predicted octanol–water partition coefficient (Wildman–Crippen LogP) is 3.99. The Balaban J connectivity index is 1.54. The predicted molar refractivity (Wildman–Crippen MR) is 134 cm³/mol. The van der Waals surface area contributed by atoms with Crippen LogP contribution in [0.3, 0.4) is 0 Å². The van der Waals surface area contributed by atoms with Crippen molar-refractivity contribution in [2.75, 3.05) is 0 Å². The van der Waals surface area contributed by atoms with Crippen molar-refractivity contribution >= 4 is 0 Å². The first-order valence-electron chi connectivity index (χ1n) is 14.3. The standard InChI is InChI=1S/C29H52O5/c1-7-17(15(2)3)27(34)26(33)16(4)19-8-9-20-18-12-23(30)22-13-24(31)25(32)14-29(22,6)21(18)10-11-28(19,20)5/h15-27,30-34H,7-14H2,1-6H3/t16-,17-,18-,19+,20-,21-,22?,23+,24-,25+,26+,27+,28+,29+/m0/s1. The fourth-order valence-corrected chi connectivity index (χ4v) is 10.1. The summed E-state index contributed by atoms with van der Waals surface area (Å²) in [6, 6.07) is 0. The van der Waals surface area contributed by atoms with Crippen LogP contribution < -0.4 is 0 Å². The topological polar surface area (TPSA) is 101 Å². The molecule has 0 heterocycles. The zero-order valence-electron chi connectivity index (χ0n) is 22.4. The maximum Gasteiger partial charge on any atom is 0.0832 e. The van der Waals surface area contributed by atoms with Gasteiger partial charge in [-0.25, -0.2) is 0 Å². The van der Waals surface area contributed by atoms with Gasteiger partial charge in [0.15, 0.2) is 0 Å². The SMILES string of the molecule is CC[C@@H](C(C)C)[C@@H](O)[C@H](O)[C@@H](C)[C@H]1CC[C@H]2[C@@H]3C[C@@H](O)C4C[C@H](O)[C@H](O)C[C@]4(C)[C@H]3CC[C@]12C. The molecule has 4 saturated carbocycles. The molecular formula is C29H52O5. The van der Waals surface area contributed by atoms with Gasteiger partial charge in [0.1, 0.15) is 0 Å². The lowest BCUT2D eigenvalue weighted by atomic mass is 9.43. The molecule has 0 amide bonds. The van der Waals surface area contributed by atoms with E-state index in [2.05, 4.69) is 41.5 Å². The summed E-state index contributed by atoms with van der Waals surface area (Å²) in [6.07, 6.45) is 3.91. The fraction of sp³-hybridized carbons (Fsp3) is 1.00. The van der Waals surface area contributed by atoms with E-state index in [1.165, 1.54) is 0 Å². The molecule has 34 heavy (non-hydrogen) atoms. The normalized spacial score (nSPS) is 50.1. The average molecular weight is 481 g/mol. The summed E-state index contributed by atoms with van der Waals surface area (Å²) in [6.45, 7) is 13.2. The van der Waals surface area contributed by atoms with E-state index >= 15 is 0 Å². The number of hydrogen-bond donors (Lipinski definition) is 5. The first kappa shape index (κ1) is 26.9. The highest BCUT2D eigenvalue weighted by atomic mass is 16.3. The highest BCUT2D eigenvalue weighted by molar-refractivity contribution is 5.12. The van der Waals surface area contributed by atoms with Crippen LogP contribution in [0.1, 0.15) is 92.9 Å². The third-order valence-corrected chi connectivity index (χ3v) is 12.1. The lowest BCUT2D eigenvalue weighted by molar-refractivity contribution is -0.197. The quantitative estimate of drug-likeness (QED) is 0.396. The second-order valence-electron chi connectivity index (χ2n) is 13.8. The van der Waals surface area contributed by atoms with Gasteiger partial charge in [0.25, 0.3) is 0 Å². The number of fused-ring (bicyclic) bond motifs is 5. The Labute approximate surface area is 207 Å². The van der Waals surface area contributed by atoms with Crippen molar-refractivity contribution in [2.45, 2.75) is 123 Å². The molecule has 0 aromatic rings. The van der Waals surface area contributed by atoms with Crippen LogP contribution in [0.4, 0.5) is 0 Å². The smallest absolute Gasteiger partial charge is 0.0832 e. The Morgan fingerprint density at radius 2 is 1.41 bits per heavy atom. The van der Waals surface area contributed by atoms with Gasteiger partial charge in [-0.3, -0.25) is 0 Å². The van der Waals surface area contributed by atoms with Gasteiger partial charge in [-0.05, 0) is 103 Å². The zero-order chi connectivity index (χ0) is 25.2. The van der Waals surface area contributed by atoms with Crippen molar-refractivity contribution in [3.8, 4) is 0 Å². The van der Waals surface area contributed by atoms with E-state index in [0.717, 1.165) is 38.5 Å². The molecule has 5 nitrogen and oxygen atoms in total. The van der Waals surface area contributed by atoms with Crippen LogP contribution in [-0.4, -0.2) is 56.1 Å². The summed E-state index contributed by atoms with van der Waals surface area (Å²) in [5.41, 5.74) is -0.0239. The molecule has 0 radical (unpaired) electrons. The van der Waals surface area contributed by atoms with Gasteiger partial charge in [-0.2, -0.15) is 0 Å². The summed E-state index contributed by atoms with van der Waals surface area (Å²) in [5, 5.41) is 54.4. The Morgan fingerprint density at radius 1 is 0.765 bits per heavy atom. The van der Waals surface area contributed by atoms with Crippen LogP contribution in [0.2, 0.25) is 0 Å². The molecule has 1 unspecified atom stereocenters. The van der Waals surface area contributed by atoms with E-state index in [1.807, 2.05) is 0 Å². The van der Waals surface area contributed by atoms with E-state index in [9.17, 15) is 25.5 Å². The van der Waals surface area contributed by atoms with Crippen LogP contribution in [0, 0.1) is 58.2 Å². The molecule has 4 rings (SSSR count). The molecule has 4 aliphatic carbocycles. The second-order valence-corrected chi connectivity index (χ2v) is 13.8. The third kappa shape index (κ3) is 4.10. The van der Waals surface area contributed by atoms with Gasteiger partial charge in [0, 0.05) is 0 Å². The summed E-state index contributed by atoms with van der Waals surface area (Å²) in [5.74, 6) is 2.32. The fourth-order valence-electron chi connectivity index (χ4n) is 10.1. The maximum atomic E-state index is 11.3. The third-order valence-electron chi connectivity index (χ3n) is 12.1. The molecule has 198 valence electrons. The van der Waals surface area contributed by atoms with Crippen molar-refractivity contribution in [1.29, 1.82) is 0 Å². The number of rotatable bonds is 6. The van der Waals surface area contributed by atoms with E-state index in [0.29, 0.717) is 42.4 Å². The molecule has 0 bridgehead atoms. The molecule has 0 spiro atoms. The largest absolute Gasteiger partial charge is 0.393 e. The molecule has 4 aliphatic rings. The summed E-state index contributed by atoms with van der Waals surface area (Å²) >= 11 is 0. The van der Waals surface area contributed by atoms with Crippen LogP contribution >= 0.6 is 0 Å². The van der Waals surface area contributed by atoms with E-state index < -0.39 is 30.5 Å². The average Bonchev–Trinajstić information content (AvgIpc) is 3.12. The minimum Gasteiger partial charge on any atom is -0.393 e. The Bertz CT molecular complexity index is 713. The number of aliphatic hydroxyl groups excluding tert-OH is 5. The minimum atomic E-state index is -0.722. The van der Waals surface area contributed by atoms with Gasteiger partial charge in [0.05, 0.1) is 30.5 Å². The summed E-state index contributed by atoms with van der Waals surface area (Å²) in [4.78, 5) is 0. The van der Waals surface area contributed by atoms with E-state index in [4.69, 9.17) is 0 Å². The van der Waals surface area contributed by atoms with E-state index in [1.54, 1.807) is 0 Å². The van der Waals surface area contributed by atoms with Gasteiger partial charge in [-0.1, -0.05) is 48.0 Å². The molecule has 0 saturated heterocycles. The molecule has 0 aromatic heterocycles. The Kier molecular flexibility index (Phi) is 7.58. The van der Waals surface area contributed by atoms with Gasteiger partial charge in [-0.15, -0.1) is 0 Å². The van der Waals surface area contributed by atoms with Gasteiger partial charge < -0.3 is 25.5 Å². The van der Waals surface area contributed by atoms with Crippen LogP contribution in [0.15, 0.2) is 0 Å². The molecule has 5 N–H and O–H groups in total. The highest BCUT2D eigenvalue weighted by Gasteiger charge is 2.63. The lowest BCUT2D eigenvalue weighted by Crippen LogP contribution is -2.60. The van der Waals surface area contributed by atoms with Crippen LogP contribution in [0.25, 0.3) is 0 Å². The molecular weight excluding hydrogens is 428 g/mol. The van der Waals surface area contributed by atoms with Crippen molar-refractivity contribution < 1.29 is 25.5 Å². The Morgan fingerprint density at radius 3 is 2.03 bits per heavy atom. The highest BCUT2D eigenvalue weighted by Crippen LogP contribution is 2.68. The van der Waals surface area contributed by atoms with Crippen molar-refractivity contribution in [3.63, 3.8) is 0 Å². The molecule has 5 heteroatoms. The van der Waals surface area contributed by atoms with Gasteiger partial charge >= 0.3 is 0 Å². The van der Waals surface area contributed by atoms with Crippen molar-refractivity contribution in [2.24, 2.45) is 58.2 Å². The van der Waals surface area contributed by atoms with Crippen LogP contribution in [0.5, 0.6) is 0 Å². The maximum absolute atomic E-state index is 11.3. The molecule has 0 aromatic carbocycles. The second kappa shape index (κ2) is 9.59. The molecule has 4 fully saturated rings. The first-order chi connectivity index (χ1) is 15.9. The zero-order valence-corrected chi connectivity index (χ0v) is 22.4. The number of hydrogen-bond acceptors (Lipinski definition) is 5. The molecule has 0 aliphatic heterocycles. The molecule has 14 atom stereocenters. The van der Waals surface area contributed by atoms with E-state index in [-0.39, 0.29) is 28.6 Å². The first-order valence-corrected chi connectivity index (χ1v) is 14.3. The van der Waals surface area contributed by atoms with Gasteiger partial charge in [0.2, 0.25) is 0 Å². The minimum absolute atomic E-state index is 0.0397. The number of aliphatic hydroxyl groups is 5. The summed E-state index contributed by atoms with van der Waals surface area (Å²) < 4.78 is 0. The van der Waals surface area contributed by atoms with Crippen molar-refractivity contribution in [1.82, 2.24) is 0 Å². The summed E-state index contributed by atoms with van der Waals surface area (Å²) in [7, 11) is 0. The lowest BCUT2D eigenvalue weighted by Gasteiger charge is -2.63. The monoisotopic (exact) mass is 480 g/mol.